The molecule has 6 nitrogen and oxygen atoms in total. The van der Waals surface area contributed by atoms with Crippen molar-refractivity contribution in [2.75, 3.05) is 18.2 Å². The fourth-order valence-corrected chi connectivity index (χ4v) is 2.20. The summed E-state index contributed by atoms with van der Waals surface area (Å²) in [5.41, 5.74) is 2.64. The van der Waals surface area contributed by atoms with Crippen molar-refractivity contribution in [1.82, 2.24) is 15.3 Å². The Labute approximate surface area is 104 Å². The van der Waals surface area contributed by atoms with Crippen LogP contribution in [0.5, 0.6) is 0 Å². The van der Waals surface area contributed by atoms with E-state index in [-0.39, 0.29) is 16.3 Å². The Morgan fingerprint density at radius 1 is 1.59 bits per heavy atom. The quantitative estimate of drug-likeness (QED) is 0.519. The SMILES string of the molecule is CSC1(CNC(=O)c2cncc(NN)n2)CC1. The number of thioether (sulfide) groups is 1. The molecule has 1 fully saturated rings. The molecule has 1 aliphatic rings. The Kier molecular flexibility index (Phi) is 3.49. The average molecular weight is 253 g/mol. The molecule has 0 aliphatic heterocycles. The largest absolute Gasteiger partial charge is 0.349 e. The van der Waals surface area contributed by atoms with Crippen LogP contribution in [0.4, 0.5) is 5.82 Å². The van der Waals surface area contributed by atoms with E-state index in [9.17, 15) is 4.79 Å². The van der Waals surface area contributed by atoms with Crippen molar-refractivity contribution in [3.63, 3.8) is 0 Å². The summed E-state index contributed by atoms with van der Waals surface area (Å²) in [6.07, 6.45) is 7.27. The lowest BCUT2D eigenvalue weighted by Gasteiger charge is -2.12. The molecule has 17 heavy (non-hydrogen) atoms. The van der Waals surface area contributed by atoms with E-state index in [4.69, 9.17) is 5.84 Å². The van der Waals surface area contributed by atoms with Crippen LogP contribution in [-0.2, 0) is 0 Å². The fraction of sp³-hybridized carbons (Fsp3) is 0.500. The lowest BCUT2D eigenvalue weighted by atomic mass is 10.3. The maximum atomic E-state index is 11.8. The first-order chi connectivity index (χ1) is 8.19. The molecule has 1 aromatic rings. The zero-order valence-corrected chi connectivity index (χ0v) is 10.4. The molecular weight excluding hydrogens is 238 g/mol. The van der Waals surface area contributed by atoms with E-state index in [1.54, 1.807) is 11.8 Å². The van der Waals surface area contributed by atoms with Crippen LogP contribution in [0.15, 0.2) is 12.4 Å². The van der Waals surface area contributed by atoms with Gasteiger partial charge in [-0.1, -0.05) is 0 Å². The average Bonchev–Trinajstić information content (AvgIpc) is 3.17. The lowest BCUT2D eigenvalue weighted by Crippen LogP contribution is -2.32. The van der Waals surface area contributed by atoms with Gasteiger partial charge in [0.15, 0.2) is 5.82 Å². The van der Waals surface area contributed by atoms with Crippen LogP contribution in [0.25, 0.3) is 0 Å². The van der Waals surface area contributed by atoms with Gasteiger partial charge in [-0.25, -0.2) is 10.8 Å². The maximum Gasteiger partial charge on any atom is 0.271 e. The number of nitrogen functional groups attached to an aromatic ring is 1. The first-order valence-corrected chi connectivity index (χ1v) is 6.54. The molecule has 0 aromatic carbocycles. The van der Waals surface area contributed by atoms with Crippen molar-refractivity contribution in [3.05, 3.63) is 18.1 Å². The number of amides is 1. The van der Waals surface area contributed by atoms with Crippen molar-refractivity contribution in [1.29, 1.82) is 0 Å². The Hall–Kier alpha value is -1.34. The van der Waals surface area contributed by atoms with E-state index >= 15 is 0 Å². The van der Waals surface area contributed by atoms with Crippen LogP contribution in [0.3, 0.4) is 0 Å². The fourth-order valence-electron chi connectivity index (χ4n) is 1.47. The molecule has 7 heteroatoms. The molecule has 0 bridgehead atoms. The predicted molar refractivity (Wildman–Crippen MR) is 67.7 cm³/mol. The first-order valence-electron chi connectivity index (χ1n) is 5.31. The molecule has 4 N–H and O–H groups in total. The normalized spacial score (nSPS) is 16.4. The van der Waals surface area contributed by atoms with Gasteiger partial charge in [0, 0.05) is 11.3 Å². The van der Waals surface area contributed by atoms with Crippen molar-refractivity contribution in [2.24, 2.45) is 5.84 Å². The molecule has 1 aliphatic carbocycles. The highest BCUT2D eigenvalue weighted by Gasteiger charge is 2.42. The number of rotatable bonds is 5. The first kappa shape index (κ1) is 12.1. The number of carbonyl (C=O) groups is 1. The molecule has 2 rings (SSSR count). The number of hydrazine groups is 1. The van der Waals surface area contributed by atoms with Gasteiger partial charge in [-0.05, 0) is 19.1 Å². The van der Waals surface area contributed by atoms with Gasteiger partial charge in [0.25, 0.3) is 5.91 Å². The zero-order chi connectivity index (χ0) is 12.3. The molecule has 1 aromatic heterocycles. The van der Waals surface area contributed by atoms with Gasteiger partial charge in [-0.2, -0.15) is 11.8 Å². The summed E-state index contributed by atoms with van der Waals surface area (Å²) >= 11 is 1.80. The minimum absolute atomic E-state index is 0.213. The van der Waals surface area contributed by atoms with E-state index < -0.39 is 0 Å². The molecular formula is C10H15N5OS. The van der Waals surface area contributed by atoms with E-state index in [1.165, 1.54) is 12.4 Å². The topological polar surface area (TPSA) is 92.9 Å². The second kappa shape index (κ2) is 4.89. The summed E-state index contributed by atoms with van der Waals surface area (Å²) in [6, 6.07) is 0. The van der Waals surface area contributed by atoms with Gasteiger partial charge in [0.1, 0.15) is 5.69 Å². The van der Waals surface area contributed by atoms with Gasteiger partial charge in [0.2, 0.25) is 0 Å². The number of hydrogen-bond acceptors (Lipinski definition) is 6. The van der Waals surface area contributed by atoms with Crippen molar-refractivity contribution in [3.8, 4) is 0 Å². The Morgan fingerprint density at radius 3 is 2.94 bits per heavy atom. The van der Waals surface area contributed by atoms with E-state index in [0.29, 0.717) is 12.4 Å². The van der Waals surface area contributed by atoms with Crippen LogP contribution in [0.2, 0.25) is 0 Å². The third-order valence-corrected chi connectivity index (χ3v) is 4.25. The van der Waals surface area contributed by atoms with Gasteiger partial charge < -0.3 is 10.7 Å². The van der Waals surface area contributed by atoms with E-state index in [0.717, 1.165) is 12.8 Å². The molecule has 0 saturated heterocycles. The minimum atomic E-state index is -0.213. The van der Waals surface area contributed by atoms with Crippen molar-refractivity contribution >= 4 is 23.5 Å². The highest BCUT2D eigenvalue weighted by Crippen LogP contribution is 2.46. The Bertz CT molecular complexity index is 421. The zero-order valence-electron chi connectivity index (χ0n) is 9.56. The maximum absolute atomic E-state index is 11.8. The van der Waals surface area contributed by atoms with Gasteiger partial charge in [0.05, 0.1) is 12.4 Å². The molecule has 0 spiro atoms. The molecule has 0 unspecified atom stereocenters. The summed E-state index contributed by atoms with van der Waals surface area (Å²) in [4.78, 5) is 19.7. The number of aromatic nitrogens is 2. The highest BCUT2D eigenvalue weighted by atomic mass is 32.2. The van der Waals surface area contributed by atoms with E-state index in [1.807, 2.05) is 0 Å². The monoisotopic (exact) mass is 253 g/mol. The number of hydrogen-bond donors (Lipinski definition) is 3. The third-order valence-electron chi connectivity index (χ3n) is 2.83. The minimum Gasteiger partial charge on any atom is -0.349 e. The summed E-state index contributed by atoms with van der Waals surface area (Å²) in [5, 5.41) is 2.87. The Balaban J connectivity index is 1.95. The number of carbonyl (C=O) groups excluding carboxylic acids is 1. The predicted octanol–water partition coefficient (Wildman–Crippen LogP) is 0.388. The molecule has 0 radical (unpaired) electrons. The number of nitrogens with one attached hydrogen (secondary N) is 2. The number of anilines is 1. The van der Waals surface area contributed by atoms with Crippen LogP contribution >= 0.6 is 11.8 Å². The van der Waals surface area contributed by atoms with Crippen molar-refractivity contribution < 1.29 is 4.79 Å². The molecule has 92 valence electrons. The summed E-state index contributed by atoms with van der Waals surface area (Å²) in [5.74, 6) is 5.37. The summed E-state index contributed by atoms with van der Waals surface area (Å²) < 4.78 is 0.243. The second-order valence-corrected chi connectivity index (χ2v) is 5.28. The third kappa shape index (κ3) is 2.86. The summed E-state index contributed by atoms with van der Waals surface area (Å²) in [6.45, 7) is 0.676. The molecule has 1 amide bonds. The van der Waals surface area contributed by atoms with Gasteiger partial charge in [-0.3, -0.25) is 9.78 Å². The lowest BCUT2D eigenvalue weighted by molar-refractivity contribution is 0.0947. The van der Waals surface area contributed by atoms with Gasteiger partial charge >= 0.3 is 0 Å². The highest BCUT2D eigenvalue weighted by molar-refractivity contribution is 8.00. The molecule has 1 saturated carbocycles. The van der Waals surface area contributed by atoms with Crippen LogP contribution in [-0.4, -0.2) is 33.4 Å². The van der Waals surface area contributed by atoms with Crippen molar-refractivity contribution in [2.45, 2.75) is 17.6 Å². The number of nitrogens with two attached hydrogens (primary N) is 1. The van der Waals surface area contributed by atoms with Crippen LogP contribution < -0.4 is 16.6 Å². The molecule has 0 atom stereocenters. The summed E-state index contributed by atoms with van der Waals surface area (Å²) in [7, 11) is 0. The van der Waals surface area contributed by atoms with Gasteiger partial charge in [-0.15, -0.1) is 0 Å². The second-order valence-electron chi connectivity index (χ2n) is 4.00. The standard InChI is InChI=1S/C10H15N5OS/c1-17-10(2-3-10)6-13-9(16)7-4-12-5-8(14-7)15-11/h4-5H,2-3,6,11H2,1H3,(H,13,16)(H,14,15). The van der Waals surface area contributed by atoms with Crippen LogP contribution in [0, 0.1) is 0 Å². The Morgan fingerprint density at radius 2 is 2.35 bits per heavy atom. The van der Waals surface area contributed by atoms with Crippen LogP contribution in [0.1, 0.15) is 23.3 Å². The van der Waals surface area contributed by atoms with E-state index in [2.05, 4.69) is 27.0 Å². The smallest absolute Gasteiger partial charge is 0.271 e. The molecule has 1 heterocycles. The number of nitrogens with zero attached hydrogens (tertiary/aromatic N) is 2.